The molecule has 0 spiro atoms. The number of rotatable bonds is 13. The molecule has 0 aliphatic rings. The van der Waals surface area contributed by atoms with Crippen LogP contribution in [0.2, 0.25) is 0 Å². The van der Waals surface area contributed by atoms with Crippen molar-refractivity contribution in [2.45, 2.75) is 52.6 Å². The van der Waals surface area contributed by atoms with Gasteiger partial charge in [0.05, 0.1) is 70.4 Å². The van der Waals surface area contributed by atoms with Crippen molar-refractivity contribution < 1.29 is 4.92 Å². The van der Waals surface area contributed by atoms with Crippen LogP contribution in [-0.2, 0) is 13.1 Å². The fourth-order valence-corrected chi connectivity index (χ4v) is 7.30. The second-order valence-electron chi connectivity index (χ2n) is 16.7. The number of fused-ring (bicyclic) bond motifs is 2. The molecule has 10 rings (SSSR count). The van der Waals surface area contributed by atoms with Crippen LogP contribution in [0.25, 0.3) is 44.3 Å². The molecule has 10 aromatic rings. The van der Waals surface area contributed by atoms with Crippen LogP contribution < -0.4 is 16.4 Å². The van der Waals surface area contributed by atoms with Crippen LogP contribution in [0.3, 0.4) is 0 Å². The standard InChI is InChI=1S/C25H22N8O2.C25H24N8/c1-16(2)18-10-25(31-27-12-18)30-24-8-7-21-22(29-24)9-19(11-26-21)20-13-28-32(15-20)14-17-5-3-4-6-23(17)33(34)35;1-16(2)18-10-25(32-28-12-18)31-24-8-7-22-23(30-24)9-19(11-27-22)20-13-29-33(15-20)14-17-5-3-4-6-21(17)26/h3-13,15-16H,14H2,1-2H3,(H,29,30,31);3-13,15-16H,14,26H2,1-2H3,(H,30,31,32). The summed E-state index contributed by atoms with van der Waals surface area (Å²) in [5.41, 5.74) is 17.4. The van der Waals surface area contributed by atoms with Gasteiger partial charge in [0.1, 0.15) is 11.6 Å². The van der Waals surface area contributed by atoms with E-state index in [0.29, 0.717) is 59.3 Å². The van der Waals surface area contributed by atoms with Crippen molar-refractivity contribution in [1.29, 1.82) is 0 Å². The summed E-state index contributed by atoms with van der Waals surface area (Å²) < 4.78 is 3.55. The monoisotopic (exact) mass is 902 g/mol. The van der Waals surface area contributed by atoms with Crippen molar-refractivity contribution in [2.24, 2.45) is 0 Å². The predicted molar refractivity (Wildman–Crippen MR) is 262 cm³/mol. The van der Waals surface area contributed by atoms with Crippen molar-refractivity contribution >= 4 is 56.7 Å². The molecule has 0 amide bonds. The highest BCUT2D eigenvalue weighted by atomic mass is 16.6. The Kier molecular flexibility index (Phi) is 12.7. The Morgan fingerprint density at radius 2 is 1.04 bits per heavy atom. The van der Waals surface area contributed by atoms with Crippen LogP contribution in [0.5, 0.6) is 0 Å². The number of nitro benzene ring substituents is 1. The molecular formula is C50H46N16O2. The summed E-state index contributed by atoms with van der Waals surface area (Å²) in [5, 5.41) is 43.1. The minimum Gasteiger partial charge on any atom is -0.398 e. The molecule has 0 radical (unpaired) electrons. The van der Waals surface area contributed by atoms with Gasteiger partial charge in [-0.1, -0.05) is 64.1 Å². The number of anilines is 5. The van der Waals surface area contributed by atoms with Gasteiger partial charge in [-0.25, -0.2) is 9.97 Å². The first kappa shape index (κ1) is 44.2. The third-order valence-electron chi connectivity index (χ3n) is 11.1. The summed E-state index contributed by atoms with van der Waals surface area (Å²) in [6, 6.07) is 30.0. The molecule has 0 saturated carbocycles. The zero-order valence-electron chi connectivity index (χ0n) is 37.6. The SMILES string of the molecule is CC(C)c1cnnc(Nc2ccc3ncc(-c4cnn(Cc5ccccc5N)c4)cc3n2)c1.CC(C)c1cnnc(Nc2ccc3ncc(-c4cnn(Cc5ccccc5[N+](=O)[O-])c4)cc3n2)c1. The number of nitro groups is 1. The first-order valence-electron chi connectivity index (χ1n) is 21.9. The van der Waals surface area contributed by atoms with Crippen LogP contribution in [0.1, 0.15) is 61.8 Å². The van der Waals surface area contributed by atoms with Gasteiger partial charge in [0.25, 0.3) is 5.69 Å². The molecule has 0 aliphatic carbocycles. The molecular weight excluding hydrogens is 857 g/mol. The van der Waals surface area contributed by atoms with E-state index in [2.05, 4.69) is 78.9 Å². The number of pyridine rings is 4. The molecule has 338 valence electrons. The Bertz CT molecular complexity index is 3400. The van der Waals surface area contributed by atoms with Crippen LogP contribution >= 0.6 is 0 Å². The maximum absolute atomic E-state index is 11.3. The summed E-state index contributed by atoms with van der Waals surface area (Å²) in [5.74, 6) is 3.33. The lowest BCUT2D eigenvalue weighted by molar-refractivity contribution is -0.385. The molecule has 4 N–H and O–H groups in total. The van der Waals surface area contributed by atoms with E-state index in [1.165, 1.54) is 6.07 Å². The highest BCUT2D eigenvalue weighted by Gasteiger charge is 2.15. The summed E-state index contributed by atoms with van der Waals surface area (Å²) in [6.07, 6.45) is 14.5. The Balaban J connectivity index is 0.000000170. The van der Waals surface area contributed by atoms with E-state index in [9.17, 15) is 10.1 Å². The molecule has 0 saturated heterocycles. The van der Waals surface area contributed by atoms with E-state index in [0.717, 1.165) is 61.2 Å². The number of benzene rings is 2. The van der Waals surface area contributed by atoms with E-state index in [-0.39, 0.29) is 10.6 Å². The Morgan fingerprint density at radius 3 is 1.54 bits per heavy atom. The van der Waals surface area contributed by atoms with Crippen molar-refractivity contribution in [2.75, 3.05) is 16.4 Å². The normalized spacial score (nSPS) is 11.2. The first-order valence-corrected chi connectivity index (χ1v) is 21.9. The summed E-state index contributed by atoms with van der Waals surface area (Å²) >= 11 is 0. The van der Waals surface area contributed by atoms with Gasteiger partial charge in [-0.15, -0.1) is 10.2 Å². The number of hydrogen-bond donors (Lipinski definition) is 3. The topological polar surface area (TPSA) is 232 Å². The molecule has 8 heterocycles. The number of nitrogens with one attached hydrogen (secondary N) is 2. The summed E-state index contributed by atoms with van der Waals surface area (Å²) in [7, 11) is 0. The Labute approximate surface area is 390 Å². The molecule has 0 fully saturated rings. The number of nitrogens with zero attached hydrogens (tertiary/aromatic N) is 13. The lowest BCUT2D eigenvalue weighted by atomic mass is 10.1. The van der Waals surface area contributed by atoms with E-state index >= 15 is 0 Å². The van der Waals surface area contributed by atoms with Crippen molar-refractivity contribution in [3.05, 3.63) is 179 Å². The molecule has 18 heteroatoms. The average Bonchev–Trinajstić information content (AvgIpc) is 4.02. The third kappa shape index (κ3) is 10.4. The largest absolute Gasteiger partial charge is 0.398 e. The molecule has 0 atom stereocenters. The lowest BCUT2D eigenvalue weighted by Crippen LogP contribution is -2.03. The zero-order valence-corrected chi connectivity index (χ0v) is 37.6. The lowest BCUT2D eigenvalue weighted by Gasteiger charge is -2.09. The van der Waals surface area contributed by atoms with E-state index in [1.54, 1.807) is 47.7 Å². The molecule has 0 bridgehead atoms. The highest BCUT2D eigenvalue weighted by molar-refractivity contribution is 5.83. The predicted octanol–water partition coefficient (Wildman–Crippen LogP) is 9.89. The summed E-state index contributed by atoms with van der Waals surface area (Å²) in [4.78, 5) is 29.4. The van der Waals surface area contributed by atoms with Crippen LogP contribution in [0.15, 0.2) is 147 Å². The van der Waals surface area contributed by atoms with Crippen LogP contribution in [0, 0.1) is 10.1 Å². The fraction of sp³-hybridized carbons (Fsp3) is 0.160. The van der Waals surface area contributed by atoms with Gasteiger partial charge in [-0.2, -0.15) is 20.4 Å². The third-order valence-corrected chi connectivity index (χ3v) is 11.1. The summed E-state index contributed by atoms with van der Waals surface area (Å²) in [6.45, 7) is 9.35. The molecule has 68 heavy (non-hydrogen) atoms. The number of nitrogens with two attached hydrogens (primary N) is 1. The van der Waals surface area contributed by atoms with Crippen LogP contribution in [-0.4, -0.2) is 64.8 Å². The van der Waals surface area contributed by atoms with Gasteiger partial charge < -0.3 is 16.4 Å². The maximum Gasteiger partial charge on any atom is 0.274 e. The minimum atomic E-state index is -0.380. The van der Waals surface area contributed by atoms with Crippen molar-refractivity contribution in [3.63, 3.8) is 0 Å². The number of hydrogen-bond acceptors (Lipinski definition) is 15. The zero-order chi connectivity index (χ0) is 47.1. The average molecular weight is 903 g/mol. The molecule has 0 aliphatic heterocycles. The van der Waals surface area contributed by atoms with Crippen molar-refractivity contribution in [3.8, 4) is 22.3 Å². The quantitative estimate of drug-likeness (QED) is 0.0555. The molecule has 2 aromatic carbocycles. The number of aromatic nitrogens is 12. The Hall–Kier alpha value is -9.06. The second-order valence-corrected chi connectivity index (χ2v) is 16.7. The molecule has 18 nitrogen and oxygen atoms in total. The van der Waals surface area contributed by atoms with Gasteiger partial charge in [0, 0.05) is 58.8 Å². The van der Waals surface area contributed by atoms with Gasteiger partial charge >= 0.3 is 0 Å². The Morgan fingerprint density at radius 1 is 0.559 bits per heavy atom. The first-order chi connectivity index (χ1) is 33.0. The smallest absolute Gasteiger partial charge is 0.274 e. The van der Waals surface area contributed by atoms with Gasteiger partial charge in [0.2, 0.25) is 0 Å². The number of para-hydroxylation sites is 2. The maximum atomic E-state index is 11.3. The highest BCUT2D eigenvalue weighted by Crippen LogP contribution is 2.27. The molecule has 8 aromatic heterocycles. The fourth-order valence-electron chi connectivity index (χ4n) is 7.30. The van der Waals surface area contributed by atoms with E-state index < -0.39 is 0 Å². The minimum absolute atomic E-state index is 0.0739. The number of nitrogen functional groups attached to an aromatic ring is 1. The van der Waals surface area contributed by atoms with Crippen molar-refractivity contribution in [1.82, 2.24) is 59.9 Å². The van der Waals surface area contributed by atoms with Gasteiger partial charge in [0.15, 0.2) is 11.6 Å². The van der Waals surface area contributed by atoms with Crippen LogP contribution in [0.4, 0.5) is 34.6 Å². The second kappa shape index (κ2) is 19.6. The van der Waals surface area contributed by atoms with Gasteiger partial charge in [-0.05, 0) is 83.1 Å². The van der Waals surface area contributed by atoms with Gasteiger partial charge in [-0.3, -0.25) is 29.4 Å². The van der Waals surface area contributed by atoms with E-state index in [4.69, 9.17) is 15.7 Å². The van der Waals surface area contributed by atoms with E-state index in [1.807, 2.05) is 102 Å². The molecule has 0 unspecified atom stereocenters.